The molecule has 0 unspecified atom stereocenters. The van der Waals surface area contributed by atoms with Crippen molar-refractivity contribution in [2.75, 3.05) is 16.8 Å². The van der Waals surface area contributed by atoms with Gasteiger partial charge in [-0.15, -0.1) is 11.3 Å². The summed E-state index contributed by atoms with van der Waals surface area (Å²) in [4.78, 5) is 31.2. The lowest BCUT2D eigenvalue weighted by atomic mass is 10.1. The molecule has 1 aliphatic rings. The van der Waals surface area contributed by atoms with Gasteiger partial charge in [-0.2, -0.15) is 0 Å². The molecule has 0 saturated heterocycles. The van der Waals surface area contributed by atoms with Crippen molar-refractivity contribution < 1.29 is 9.59 Å². The minimum atomic E-state index is -0.332. The second kappa shape index (κ2) is 6.34. The number of thiophene rings is 1. The highest BCUT2D eigenvalue weighted by Crippen LogP contribution is 2.32. The lowest BCUT2D eigenvalue weighted by Gasteiger charge is -2.27. The van der Waals surface area contributed by atoms with Crippen molar-refractivity contribution in [2.45, 2.75) is 6.54 Å². The molecule has 126 valence electrons. The number of hydrogen-bond acceptors (Lipinski definition) is 4. The first-order valence-corrected chi connectivity index (χ1v) is 8.80. The molecule has 3 aromatic heterocycles. The summed E-state index contributed by atoms with van der Waals surface area (Å²) in [6.45, 7) is 1.16. The Bertz CT molecular complexity index is 951. The first-order chi connectivity index (χ1) is 12.1. The van der Waals surface area contributed by atoms with Gasteiger partial charge in [-0.05, 0) is 30.3 Å². The second-order valence-electron chi connectivity index (χ2n) is 5.50. The van der Waals surface area contributed by atoms with Crippen LogP contribution in [0.3, 0.4) is 0 Å². The fraction of sp³-hybridized carbons (Fsp3) is 0.118. The van der Waals surface area contributed by atoms with Crippen LogP contribution in [0.5, 0.6) is 0 Å². The number of carbonyl (C=O) groups is 2. The Kier molecular flexibility index (Phi) is 4.03. The van der Waals surface area contributed by atoms with Crippen LogP contribution in [-0.2, 0) is 6.54 Å². The number of fused-ring (bicyclic) bond motifs is 1. The fourth-order valence-corrected chi connectivity index (χ4v) is 3.87. The molecule has 3 aromatic rings. The Morgan fingerprint density at radius 1 is 1.24 bits per heavy atom. The van der Waals surface area contributed by atoms with E-state index in [0.717, 1.165) is 5.00 Å². The van der Waals surface area contributed by atoms with Gasteiger partial charge in [-0.25, -0.2) is 0 Å². The van der Waals surface area contributed by atoms with E-state index in [9.17, 15) is 9.59 Å². The zero-order chi connectivity index (χ0) is 17.4. The number of halogens is 1. The molecular weight excluding hydrogens is 360 g/mol. The van der Waals surface area contributed by atoms with Crippen LogP contribution in [-0.4, -0.2) is 27.9 Å². The first kappa shape index (κ1) is 15.9. The van der Waals surface area contributed by atoms with Crippen molar-refractivity contribution in [3.63, 3.8) is 0 Å². The largest absolute Gasteiger partial charge is 0.341 e. The minimum Gasteiger partial charge on any atom is -0.341 e. The van der Waals surface area contributed by atoms with E-state index < -0.39 is 0 Å². The lowest BCUT2D eigenvalue weighted by Crippen LogP contribution is -2.40. The van der Waals surface area contributed by atoms with Crippen LogP contribution in [0.15, 0.2) is 48.9 Å². The molecule has 4 rings (SSSR count). The predicted octanol–water partition coefficient (Wildman–Crippen LogP) is 3.51. The number of carbonyl (C=O) groups excluding carboxylic acids is 2. The van der Waals surface area contributed by atoms with E-state index in [2.05, 4.69) is 10.3 Å². The molecule has 0 spiro atoms. The molecular formula is C17H13ClN4O2S. The number of rotatable bonds is 3. The molecule has 0 aliphatic carbocycles. The molecule has 1 N–H and O–H groups in total. The monoisotopic (exact) mass is 372 g/mol. The van der Waals surface area contributed by atoms with Crippen molar-refractivity contribution >= 4 is 45.4 Å². The van der Waals surface area contributed by atoms with Crippen molar-refractivity contribution in [3.8, 4) is 0 Å². The zero-order valence-electron chi connectivity index (χ0n) is 13.0. The Morgan fingerprint density at radius 3 is 2.84 bits per heavy atom. The van der Waals surface area contributed by atoms with E-state index >= 15 is 0 Å². The summed E-state index contributed by atoms with van der Waals surface area (Å²) in [7, 11) is 0. The summed E-state index contributed by atoms with van der Waals surface area (Å²) in [5.41, 5.74) is 1.32. The first-order valence-electron chi connectivity index (χ1n) is 7.61. The number of nitrogens with zero attached hydrogens (tertiary/aromatic N) is 3. The van der Waals surface area contributed by atoms with Crippen molar-refractivity contribution in [1.82, 2.24) is 9.55 Å². The Hall–Kier alpha value is -2.64. The number of pyridine rings is 1. The minimum absolute atomic E-state index is 0.203. The van der Waals surface area contributed by atoms with Crippen molar-refractivity contribution in [1.29, 1.82) is 0 Å². The van der Waals surface area contributed by atoms with Crippen LogP contribution >= 0.6 is 22.9 Å². The zero-order valence-corrected chi connectivity index (χ0v) is 14.5. The van der Waals surface area contributed by atoms with E-state index in [1.807, 2.05) is 10.6 Å². The molecule has 0 saturated carbocycles. The van der Waals surface area contributed by atoms with E-state index in [1.165, 1.54) is 11.3 Å². The summed E-state index contributed by atoms with van der Waals surface area (Å²) in [5, 5.41) is 3.55. The molecule has 8 heteroatoms. The lowest BCUT2D eigenvalue weighted by molar-refractivity contribution is 0.0949. The Balaban J connectivity index is 1.64. The van der Waals surface area contributed by atoms with Crippen molar-refractivity contribution in [3.05, 3.63) is 64.5 Å². The third kappa shape index (κ3) is 2.92. The quantitative estimate of drug-likeness (QED) is 0.765. The van der Waals surface area contributed by atoms with Gasteiger partial charge in [0.1, 0.15) is 5.69 Å². The van der Waals surface area contributed by atoms with E-state index in [1.54, 1.807) is 47.8 Å². The summed E-state index contributed by atoms with van der Waals surface area (Å²) < 4.78 is 2.44. The molecule has 25 heavy (non-hydrogen) atoms. The second-order valence-corrected chi connectivity index (χ2v) is 7.20. The third-order valence-electron chi connectivity index (χ3n) is 3.96. The van der Waals surface area contributed by atoms with Gasteiger partial charge in [0.25, 0.3) is 11.8 Å². The average molecular weight is 373 g/mol. The summed E-state index contributed by atoms with van der Waals surface area (Å²) in [6.07, 6.45) is 4.95. The van der Waals surface area contributed by atoms with Gasteiger partial charge in [0.2, 0.25) is 0 Å². The maximum atomic E-state index is 12.9. The van der Waals surface area contributed by atoms with E-state index in [4.69, 9.17) is 11.6 Å². The number of anilines is 2. The average Bonchev–Trinajstić information content (AvgIpc) is 3.23. The molecule has 1 aliphatic heterocycles. The van der Waals surface area contributed by atoms with Crippen LogP contribution in [0.4, 0.5) is 10.7 Å². The number of nitrogens with one attached hydrogen (secondary N) is 1. The normalized spacial score (nSPS) is 13.6. The fourth-order valence-electron chi connectivity index (χ4n) is 2.81. The highest BCUT2D eigenvalue weighted by Gasteiger charge is 2.31. The Morgan fingerprint density at radius 2 is 2.12 bits per heavy atom. The van der Waals surface area contributed by atoms with Crippen LogP contribution in [0, 0.1) is 0 Å². The van der Waals surface area contributed by atoms with Crippen LogP contribution < -0.4 is 10.2 Å². The molecule has 0 aromatic carbocycles. The van der Waals surface area contributed by atoms with Gasteiger partial charge in [0.05, 0.1) is 26.8 Å². The van der Waals surface area contributed by atoms with E-state index in [0.29, 0.717) is 34.4 Å². The molecule has 0 bridgehead atoms. The number of hydrogen-bond donors (Lipinski definition) is 1. The van der Waals surface area contributed by atoms with Gasteiger partial charge >= 0.3 is 0 Å². The summed E-state index contributed by atoms with van der Waals surface area (Å²) in [5.74, 6) is -0.535. The predicted molar refractivity (Wildman–Crippen MR) is 97.6 cm³/mol. The van der Waals surface area contributed by atoms with Crippen LogP contribution in [0.2, 0.25) is 4.34 Å². The van der Waals surface area contributed by atoms with Gasteiger partial charge in [-0.3, -0.25) is 19.5 Å². The third-order valence-corrected chi connectivity index (χ3v) is 5.22. The van der Waals surface area contributed by atoms with Gasteiger partial charge in [-0.1, -0.05) is 11.6 Å². The summed E-state index contributed by atoms with van der Waals surface area (Å²) >= 11 is 7.33. The van der Waals surface area contributed by atoms with Crippen LogP contribution in [0.1, 0.15) is 20.8 Å². The molecule has 4 heterocycles. The Labute approximate surface area is 152 Å². The van der Waals surface area contributed by atoms with Gasteiger partial charge < -0.3 is 9.88 Å². The molecule has 0 atom stereocenters. The summed E-state index contributed by atoms with van der Waals surface area (Å²) in [6, 6.07) is 8.73. The SMILES string of the molecule is O=C(Nc1cccnc1)c1ccn2c1C(=O)N(c1ccc(Cl)s1)CC2. The molecule has 0 radical (unpaired) electrons. The highest BCUT2D eigenvalue weighted by molar-refractivity contribution is 7.20. The maximum Gasteiger partial charge on any atom is 0.276 e. The number of aromatic nitrogens is 2. The van der Waals surface area contributed by atoms with Crippen LogP contribution in [0.25, 0.3) is 0 Å². The van der Waals surface area contributed by atoms with Gasteiger partial charge in [0.15, 0.2) is 0 Å². The maximum absolute atomic E-state index is 12.9. The van der Waals surface area contributed by atoms with Crippen molar-refractivity contribution in [2.24, 2.45) is 0 Å². The topological polar surface area (TPSA) is 67.2 Å². The molecule has 2 amide bonds. The standard InChI is InChI=1S/C17H13ClN4O2S/c18-13-3-4-14(25-13)22-9-8-21-7-5-12(15(21)17(22)24)16(23)20-11-2-1-6-19-10-11/h1-7,10H,8-9H2,(H,20,23). The highest BCUT2D eigenvalue weighted by atomic mass is 35.5. The smallest absolute Gasteiger partial charge is 0.276 e. The van der Waals surface area contributed by atoms with E-state index in [-0.39, 0.29) is 11.8 Å². The molecule has 0 fully saturated rings. The number of amides is 2. The molecule has 6 nitrogen and oxygen atoms in total. The van der Waals surface area contributed by atoms with Gasteiger partial charge in [0, 0.05) is 25.5 Å².